The topological polar surface area (TPSA) is 72.8 Å². The molecule has 4 rings (SSSR count). The molecule has 0 spiro atoms. The summed E-state index contributed by atoms with van der Waals surface area (Å²) >= 11 is 0. The van der Waals surface area contributed by atoms with Crippen LogP contribution in [0.3, 0.4) is 0 Å². The fourth-order valence-corrected chi connectivity index (χ4v) is 8.54. The van der Waals surface area contributed by atoms with Crippen LogP contribution in [-0.2, 0) is 19.1 Å². The Hall–Kier alpha value is -1.10. The molecule has 0 radical (unpaired) electrons. The maximum atomic E-state index is 12.0. The monoisotopic (exact) mass is 420 g/mol. The number of rotatable bonds is 4. The second-order valence-electron chi connectivity index (χ2n) is 11.2. The van der Waals surface area contributed by atoms with Crippen molar-refractivity contribution in [2.24, 2.45) is 34.5 Å². The van der Waals surface area contributed by atoms with E-state index >= 15 is 0 Å². The highest BCUT2D eigenvalue weighted by Crippen LogP contribution is 2.68. The molecule has 0 aromatic rings. The van der Waals surface area contributed by atoms with Crippen LogP contribution in [0.5, 0.6) is 0 Å². The Kier molecular flexibility index (Phi) is 5.74. The molecule has 0 amide bonds. The predicted molar refractivity (Wildman–Crippen MR) is 113 cm³/mol. The quantitative estimate of drug-likeness (QED) is 0.671. The van der Waals surface area contributed by atoms with Gasteiger partial charge in [0.1, 0.15) is 12.2 Å². The Bertz CT molecular complexity index is 691. The molecule has 30 heavy (non-hydrogen) atoms. The van der Waals surface area contributed by atoms with Crippen LogP contribution in [0.25, 0.3) is 0 Å². The van der Waals surface area contributed by atoms with Gasteiger partial charge in [-0.3, -0.25) is 9.59 Å². The number of hydrogen-bond acceptors (Lipinski definition) is 5. The van der Waals surface area contributed by atoms with E-state index in [2.05, 4.69) is 13.8 Å². The molecule has 0 aromatic heterocycles. The number of aliphatic hydroxyl groups is 1. The van der Waals surface area contributed by atoms with Crippen LogP contribution in [0.2, 0.25) is 0 Å². The Morgan fingerprint density at radius 2 is 1.67 bits per heavy atom. The maximum Gasteiger partial charge on any atom is 0.303 e. The molecule has 170 valence electrons. The van der Waals surface area contributed by atoms with Crippen molar-refractivity contribution >= 4 is 11.9 Å². The van der Waals surface area contributed by atoms with Crippen LogP contribution in [0.4, 0.5) is 0 Å². The van der Waals surface area contributed by atoms with Gasteiger partial charge in [0, 0.05) is 19.3 Å². The molecule has 5 nitrogen and oxygen atoms in total. The number of esters is 2. The zero-order valence-electron chi connectivity index (χ0n) is 19.2. The molecule has 4 fully saturated rings. The van der Waals surface area contributed by atoms with E-state index in [0.717, 1.165) is 31.1 Å². The summed E-state index contributed by atoms with van der Waals surface area (Å²) in [5, 5.41) is 12.0. The third-order valence-corrected chi connectivity index (χ3v) is 10.1. The summed E-state index contributed by atoms with van der Waals surface area (Å²) in [5.41, 5.74) is -1.00. The van der Waals surface area contributed by atoms with E-state index in [1.54, 1.807) is 0 Å². The van der Waals surface area contributed by atoms with Crippen molar-refractivity contribution < 1.29 is 24.2 Å². The molecule has 0 aromatic carbocycles. The highest BCUT2D eigenvalue weighted by Gasteiger charge is 2.67. The molecule has 5 heteroatoms. The summed E-state index contributed by atoms with van der Waals surface area (Å²) in [6, 6.07) is 0. The van der Waals surface area contributed by atoms with Gasteiger partial charge in [0.15, 0.2) is 6.10 Å². The van der Waals surface area contributed by atoms with Crippen LogP contribution in [0.15, 0.2) is 0 Å². The smallest absolute Gasteiger partial charge is 0.303 e. The fraction of sp³-hybridized carbons (Fsp3) is 0.920. The Morgan fingerprint density at radius 1 is 0.933 bits per heavy atom. The average molecular weight is 421 g/mol. The highest BCUT2D eigenvalue weighted by atomic mass is 16.6. The molecule has 4 aliphatic rings. The molecule has 0 heterocycles. The Balaban J connectivity index is 1.60. The van der Waals surface area contributed by atoms with Gasteiger partial charge in [0.05, 0.1) is 0 Å². The van der Waals surface area contributed by atoms with Crippen molar-refractivity contribution in [1.29, 1.82) is 0 Å². The molecule has 1 N–H and O–H groups in total. The molecule has 4 saturated carbocycles. The number of fused-ring (bicyclic) bond motifs is 5. The van der Waals surface area contributed by atoms with E-state index in [4.69, 9.17) is 9.47 Å². The summed E-state index contributed by atoms with van der Waals surface area (Å²) in [6.07, 6.45) is 11.0. The molecular weight excluding hydrogens is 380 g/mol. The maximum absolute atomic E-state index is 12.0. The number of carbonyl (C=O) groups is 2. The highest BCUT2D eigenvalue weighted by molar-refractivity contribution is 5.67. The second-order valence-corrected chi connectivity index (χ2v) is 11.2. The van der Waals surface area contributed by atoms with E-state index in [1.165, 1.54) is 52.4 Å². The van der Waals surface area contributed by atoms with E-state index in [9.17, 15) is 14.7 Å². The van der Waals surface area contributed by atoms with Gasteiger partial charge in [-0.15, -0.1) is 0 Å². The van der Waals surface area contributed by atoms with Crippen LogP contribution < -0.4 is 0 Å². The standard InChI is InChI=1S/C25H40O5/c1-16(26)29-15-22(30-17(2)27)25(28)14-11-21-19-9-8-18-7-5-6-12-23(18,3)20(19)10-13-24(21,25)4/h18-22,28H,5-15H2,1-4H3/t18-,19-,20+,21+,22+,23+,24+,25+/m1/s1. The van der Waals surface area contributed by atoms with Crippen molar-refractivity contribution in [2.45, 2.75) is 104 Å². The predicted octanol–water partition coefficient (Wildman–Crippen LogP) is 4.65. The summed E-state index contributed by atoms with van der Waals surface area (Å²) in [7, 11) is 0. The minimum atomic E-state index is -1.14. The fourth-order valence-electron chi connectivity index (χ4n) is 8.54. The van der Waals surface area contributed by atoms with Gasteiger partial charge in [-0.1, -0.05) is 26.7 Å². The lowest BCUT2D eigenvalue weighted by molar-refractivity contribution is -0.211. The first kappa shape index (κ1) is 22.1. The lowest BCUT2D eigenvalue weighted by Crippen LogP contribution is -2.61. The van der Waals surface area contributed by atoms with Gasteiger partial charge in [-0.2, -0.15) is 0 Å². The van der Waals surface area contributed by atoms with Crippen molar-refractivity contribution in [2.75, 3.05) is 6.61 Å². The zero-order chi connectivity index (χ0) is 21.7. The van der Waals surface area contributed by atoms with Crippen molar-refractivity contribution in [3.8, 4) is 0 Å². The third kappa shape index (κ3) is 3.30. The Morgan fingerprint density at radius 3 is 2.37 bits per heavy atom. The lowest BCUT2D eigenvalue weighted by Gasteiger charge is -2.61. The van der Waals surface area contributed by atoms with Crippen LogP contribution >= 0.6 is 0 Å². The molecule has 0 aliphatic heterocycles. The van der Waals surface area contributed by atoms with E-state index in [-0.39, 0.29) is 12.0 Å². The zero-order valence-corrected chi connectivity index (χ0v) is 19.2. The van der Waals surface area contributed by atoms with E-state index < -0.39 is 23.6 Å². The van der Waals surface area contributed by atoms with Gasteiger partial charge in [0.2, 0.25) is 0 Å². The van der Waals surface area contributed by atoms with Crippen molar-refractivity contribution in [1.82, 2.24) is 0 Å². The first-order valence-corrected chi connectivity index (χ1v) is 12.1. The normalized spacial score (nSPS) is 46.2. The van der Waals surface area contributed by atoms with E-state index in [1.807, 2.05) is 0 Å². The molecule has 8 atom stereocenters. The van der Waals surface area contributed by atoms with Crippen LogP contribution in [0.1, 0.15) is 91.9 Å². The minimum Gasteiger partial charge on any atom is -0.462 e. The van der Waals surface area contributed by atoms with Crippen LogP contribution in [0, 0.1) is 34.5 Å². The van der Waals surface area contributed by atoms with Crippen LogP contribution in [-0.4, -0.2) is 35.4 Å². The molecule has 4 aliphatic carbocycles. The van der Waals surface area contributed by atoms with E-state index in [0.29, 0.717) is 23.7 Å². The number of ether oxygens (including phenoxy) is 2. The van der Waals surface area contributed by atoms with Gasteiger partial charge in [-0.05, 0) is 80.5 Å². The molecule has 0 unspecified atom stereocenters. The lowest BCUT2D eigenvalue weighted by atomic mass is 9.44. The first-order chi connectivity index (χ1) is 14.1. The molecule has 0 saturated heterocycles. The SMILES string of the molecule is CC(=O)OC[C@H](OC(C)=O)[C@@]1(O)CC[C@H]2[C@@H]3CC[C@H]4CCCC[C@]4(C)[C@H]3CC[C@@]21C. The van der Waals surface area contributed by atoms with Gasteiger partial charge in [0.25, 0.3) is 0 Å². The second kappa shape index (κ2) is 7.79. The summed E-state index contributed by atoms with van der Waals surface area (Å²) in [6.45, 7) is 7.41. The van der Waals surface area contributed by atoms with Crippen molar-refractivity contribution in [3.63, 3.8) is 0 Å². The van der Waals surface area contributed by atoms with Gasteiger partial charge < -0.3 is 14.6 Å². The number of carbonyl (C=O) groups excluding carboxylic acids is 2. The summed E-state index contributed by atoms with van der Waals surface area (Å²) < 4.78 is 10.8. The Labute approximate surface area is 181 Å². The van der Waals surface area contributed by atoms with Crippen molar-refractivity contribution in [3.05, 3.63) is 0 Å². The largest absolute Gasteiger partial charge is 0.462 e. The first-order valence-electron chi connectivity index (χ1n) is 12.1. The van der Waals surface area contributed by atoms with Gasteiger partial charge >= 0.3 is 11.9 Å². The molecular formula is C25H40O5. The summed E-state index contributed by atoms with van der Waals surface area (Å²) in [4.78, 5) is 23.2. The summed E-state index contributed by atoms with van der Waals surface area (Å²) in [5.74, 6) is 1.85. The minimum absolute atomic E-state index is 0.0678. The average Bonchev–Trinajstić information content (AvgIpc) is 2.96. The molecule has 0 bridgehead atoms. The number of hydrogen-bond donors (Lipinski definition) is 1. The van der Waals surface area contributed by atoms with Gasteiger partial charge in [-0.25, -0.2) is 0 Å². The third-order valence-electron chi connectivity index (χ3n) is 10.1.